The summed E-state index contributed by atoms with van der Waals surface area (Å²) in [4.78, 5) is 29.9. The maximum absolute atomic E-state index is 13.3. The molecular weight excluding hydrogens is 362 g/mol. The average molecular weight is 394 g/mol. The van der Waals surface area contributed by atoms with Gasteiger partial charge in [0.15, 0.2) is 0 Å². The summed E-state index contributed by atoms with van der Waals surface area (Å²) in [6.45, 7) is 8.97. The summed E-state index contributed by atoms with van der Waals surface area (Å²) in [5, 5.41) is 2.97. The Kier molecular flexibility index (Phi) is 6.91. The summed E-state index contributed by atoms with van der Waals surface area (Å²) in [7, 11) is 0. The van der Waals surface area contributed by atoms with Crippen molar-refractivity contribution in [2.75, 3.05) is 31.1 Å². The molecule has 154 valence electrons. The minimum atomic E-state index is -0.632. The van der Waals surface area contributed by atoms with Crippen LogP contribution in [0.2, 0.25) is 0 Å². The van der Waals surface area contributed by atoms with Crippen LogP contribution in [0.1, 0.15) is 37.4 Å². The molecule has 1 heterocycles. The molecule has 2 aromatic carbocycles. The van der Waals surface area contributed by atoms with E-state index in [1.165, 1.54) is 11.3 Å². The molecule has 29 heavy (non-hydrogen) atoms. The fourth-order valence-corrected chi connectivity index (χ4v) is 3.72. The molecule has 1 aliphatic heterocycles. The number of nitrogens with zero attached hydrogens (tertiary/aromatic N) is 2. The Balaban J connectivity index is 1.69. The van der Waals surface area contributed by atoms with Crippen molar-refractivity contribution < 1.29 is 9.59 Å². The standard InChI is InChI=1S/C24H31N3O2/c1-18(2)16-22(28)25-23(20-9-5-4-6-10-20)24(29)27-14-12-26(13-15-27)21-11-7-8-19(3)17-21/h4-11,17-18,23H,12-16H2,1-3H3,(H,25,28). The largest absolute Gasteiger partial charge is 0.368 e. The van der Waals surface area contributed by atoms with E-state index in [9.17, 15) is 9.59 Å². The van der Waals surface area contributed by atoms with Crippen molar-refractivity contribution in [1.29, 1.82) is 0 Å². The van der Waals surface area contributed by atoms with E-state index in [-0.39, 0.29) is 17.7 Å². The van der Waals surface area contributed by atoms with E-state index < -0.39 is 6.04 Å². The first-order valence-corrected chi connectivity index (χ1v) is 10.4. The molecule has 0 aliphatic carbocycles. The van der Waals surface area contributed by atoms with Gasteiger partial charge in [0.2, 0.25) is 11.8 Å². The van der Waals surface area contributed by atoms with Crippen molar-refractivity contribution >= 4 is 17.5 Å². The van der Waals surface area contributed by atoms with E-state index in [4.69, 9.17) is 0 Å². The van der Waals surface area contributed by atoms with E-state index in [1.807, 2.05) is 49.1 Å². The minimum Gasteiger partial charge on any atom is -0.368 e. The maximum Gasteiger partial charge on any atom is 0.249 e. The summed E-state index contributed by atoms with van der Waals surface area (Å²) < 4.78 is 0. The Morgan fingerprint density at radius 1 is 0.966 bits per heavy atom. The topological polar surface area (TPSA) is 52.6 Å². The number of nitrogens with one attached hydrogen (secondary N) is 1. The second-order valence-electron chi connectivity index (χ2n) is 8.16. The molecule has 5 heteroatoms. The van der Waals surface area contributed by atoms with Crippen LogP contribution in [0.4, 0.5) is 5.69 Å². The van der Waals surface area contributed by atoms with E-state index in [0.29, 0.717) is 19.5 Å². The van der Waals surface area contributed by atoms with Crippen LogP contribution in [0.15, 0.2) is 54.6 Å². The van der Waals surface area contributed by atoms with Crippen molar-refractivity contribution in [2.24, 2.45) is 5.92 Å². The van der Waals surface area contributed by atoms with E-state index in [1.54, 1.807) is 0 Å². The minimum absolute atomic E-state index is 0.0304. The number of amides is 2. The second kappa shape index (κ2) is 9.59. The molecule has 0 aromatic heterocycles. The van der Waals surface area contributed by atoms with Crippen LogP contribution >= 0.6 is 0 Å². The zero-order valence-electron chi connectivity index (χ0n) is 17.6. The molecule has 5 nitrogen and oxygen atoms in total. The first-order valence-electron chi connectivity index (χ1n) is 10.4. The van der Waals surface area contributed by atoms with Gasteiger partial charge in [-0.15, -0.1) is 0 Å². The predicted molar refractivity (Wildman–Crippen MR) is 117 cm³/mol. The Labute approximate surface area is 173 Å². The van der Waals surface area contributed by atoms with Gasteiger partial charge in [-0.05, 0) is 36.1 Å². The Hall–Kier alpha value is -2.82. The van der Waals surface area contributed by atoms with Crippen molar-refractivity contribution in [3.8, 4) is 0 Å². The lowest BCUT2D eigenvalue weighted by molar-refractivity contribution is -0.137. The summed E-state index contributed by atoms with van der Waals surface area (Å²) in [6, 6.07) is 17.3. The third-order valence-corrected chi connectivity index (χ3v) is 5.24. The van der Waals surface area contributed by atoms with Gasteiger partial charge in [0.05, 0.1) is 0 Å². The fraction of sp³-hybridized carbons (Fsp3) is 0.417. The van der Waals surface area contributed by atoms with Crippen molar-refractivity contribution in [1.82, 2.24) is 10.2 Å². The number of piperazine rings is 1. The number of benzene rings is 2. The molecule has 3 rings (SSSR count). The number of carbonyl (C=O) groups is 2. The highest BCUT2D eigenvalue weighted by atomic mass is 16.2. The zero-order chi connectivity index (χ0) is 20.8. The van der Waals surface area contributed by atoms with Gasteiger partial charge < -0.3 is 15.1 Å². The van der Waals surface area contributed by atoms with Crippen molar-refractivity contribution in [3.05, 3.63) is 65.7 Å². The van der Waals surface area contributed by atoms with Gasteiger partial charge in [0.1, 0.15) is 6.04 Å². The summed E-state index contributed by atoms with van der Waals surface area (Å²) in [5.41, 5.74) is 3.26. The summed E-state index contributed by atoms with van der Waals surface area (Å²) in [6.07, 6.45) is 0.414. The quantitative estimate of drug-likeness (QED) is 0.817. The van der Waals surface area contributed by atoms with Gasteiger partial charge in [-0.2, -0.15) is 0 Å². The highest BCUT2D eigenvalue weighted by molar-refractivity contribution is 5.89. The van der Waals surface area contributed by atoms with E-state index in [2.05, 4.69) is 41.4 Å². The molecule has 0 radical (unpaired) electrons. The lowest BCUT2D eigenvalue weighted by atomic mass is 10.0. The van der Waals surface area contributed by atoms with Crippen LogP contribution < -0.4 is 10.2 Å². The molecule has 1 fully saturated rings. The third kappa shape index (κ3) is 5.59. The van der Waals surface area contributed by atoms with Gasteiger partial charge in [0.25, 0.3) is 0 Å². The number of aryl methyl sites for hydroxylation is 1. The highest BCUT2D eigenvalue weighted by Gasteiger charge is 2.30. The Bertz CT molecular complexity index is 827. The normalized spacial score (nSPS) is 15.3. The average Bonchev–Trinajstić information content (AvgIpc) is 2.72. The molecule has 1 unspecified atom stereocenters. The van der Waals surface area contributed by atoms with Gasteiger partial charge in [0, 0.05) is 38.3 Å². The predicted octanol–water partition coefficient (Wildman–Crippen LogP) is 3.55. The summed E-state index contributed by atoms with van der Waals surface area (Å²) in [5.74, 6) is 0.136. The third-order valence-electron chi connectivity index (χ3n) is 5.24. The van der Waals surface area contributed by atoms with Crippen LogP contribution in [0.3, 0.4) is 0 Å². The second-order valence-corrected chi connectivity index (χ2v) is 8.16. The molecular formula is C24H31N3O2. The van der Waals surface area contributed by atoms with Crippen LogP contribution in [0.25, 0.3) is 0 Å². The van der Waals surface area contributed by atoms with Crippen molar-refractivity contribution in [3.63, 3.8) is 0 Å². The Morgan fingerprint density at radius 2 is 1.66 bits per heavy atom. The molecule has 1 N–H and O–H groups in total. The smallest absolute Gasteiger partial charge is 0.249 e. The fourth-order valence-electron chi connectivity index (χ4n) is 3.72. The van der Waals surface area contributed by atoms with Gasteiger partial charge in [-0.25, -0.2) is 0 Å². The van der Waals surface area contributed by atoms with Gasteiger partial charge >= 0.3 is 0 Å². The van der Waals surface area contributed by atoms with Crippen LogP contribution in [-0.2, 0) is 9.59 Å². The molecule has 2 aromatic rings. The number of hydrogen-bond donors (Lipinski definition) is 1. The number of anilines is 1. The summed E-state index contributed by atoms with van der Waals surface area (Å²) >= 11 is 0. The number of hydrogen-bond acceptors (Lipinski definition) is 3. The van der Waals surface area contributed by atoms with E-state index in [0.717, 1.165) is 18.7 Å². The van der Waals surface area contributed by atoms with Crippen LogP contribution in [-0.4, -0.2) is 42.9 Å². The first-order chi connectivity index (χ1) is 13.9. The van der Waals surface area contributed by atoms with Gasteiger partial charge in [-0.1, -0.05) is 56.3 Å². The van der Waals surface area contributed by atoms with Crippen LogP contribution in [0, 0.1) is 12.8 Å². The lowest BCUT2D eigenvalue weighted by Crippen LogP contribution is -2.52. The Morgan fingerprint density at radius 3 is 2.28 bits per heavy atom. The molecule has 0 spiro atoms. The van der Waals surface area contributed by atoms with Crippen molar-refractivity contribution in [2.45, 2.75) is 33.2 Å². The SMILES string of the molecule is Cc1cccc(N2CCN(C(=O)C(NC(=O)CC(C)C)c3ccccc3)CC2)c1. The lowest BCUT2D eigenvalue weighted by Gasteiger charge is -2.38. The molecule has 2 amide bonds. The highest BCUT2D eigenvalue weighted by Crippen LogP contribution is 2.21. The zero-order valence-corrected chi connectivity index (χ0v) is 17.6. The number of rotatable bonds is 6. The monoisotopic (exact) mass is 393 g/mol. The first kappa shape index (κ1) is 20.9. The van der Waals surface area contributed by atoms with Gasteiger partial charge in [-0.3, -0.25) is 9.59 Å². The van der Waals surface area contributed by atoms with E-state index >= 15 is 0 Å². The molecule has 0 saturated carbocycles. The molecule has 0 bridgehead atoms. The van der Waals surface area contributed by atoms with Crippen LogP contribution in [0.5, 0.6) is 0 Å². The maximum atomic E-state index is 13.3. The number of carbonyl (C=O) groups excluding carboxylic acids is 2. The molecule has 1 aliphatic rings. The molecule has 1 atom stereocenters. The molecule has 1 saturated heterocycles.